The zero-order chi connectivity index (χ0) is 13.1. The van der Waals surface area contributed by atoms with Crippen molar-refractivity contribution in [1.29, 1.82) is 0 Å². The molecule has 19 heavy (non-hydrogen) atoms. The van der Waals surface area contributed by atoms with E-state index >= 15 is 0 Å². The third-order valence-electron chi connectivity index (χ3n) is 3.46. The third-order valence-corrected chi connectivity index (χ3v) is 3.46. The number of nitrogens with zero attached hydrogens (tertiary/aromatic N) is 3. The molecule has 1 aromatic heterocycles. The number of rotatable bonds is 3. The fourth-order valence-electron chi connectivity index (χ4n) is 2.50. The zero-order valence-corrected chi connectivity index (χ0v) is 11.2. The Morgan fingerprint density at radius 2 is 2.11 bits per heavy atom. The van der Waals surface area contributed by atoms with Gasteiger partial charge in [-0.3, -0.25) is 0 Å². The van der Waals surface area contributed by atoms with Crippen molar-refractivity contribution in [1.82, 2.24) is 14.7 Å². The summed E-state index contributed by atoms with van der Waals surface area (Å²) >= 11 is 0. The van der Waals surface area contributed by atoms with E-state index in [0.29, 0.717) is 0 Å². The number of hydrogen-bond donors (Lipinski definition) is 0. The second-order valence-electron chi connectivity index (χ2n) is 5.10. The van der Waals surface area contributed by atoms with Crippen LogP contribution in [0.25, 0.3) is 5.69 Å². The first-order chi connectivity index (χ1) is 9.31. The molecular weight excluding hydrogens is 238 g/mol. The highest BCUT2D eigenvalue weighted by Gasteiger charge is 2.19. The largest absolute Gasteiger partial charge is 0.486 e. The maximum Gasteiger partial charge on any atom is 0.158 e. The van der Waals surface area contributed by atoms with Gasteiger partial charge in [-0.05, 0) is 38.6 Å². The molecule has 1 atom stereocenters. The van der Waals surface area contributed by atoms with Gasteiger partial charge in [-0.1, -0.05) is 18.2 Å². The third kappa shape index (κ3) is 2.96. The average Bonchev–Trinajstić information content (AvgIpc) is 2.88. The highest BCUT2D eigenvalue weighted by Crippen LogP contribution is 2.18. The molecule has 1 fully saturated rings. The van der Waals surface area contributed by atoms with Crippen molar-refractivity contribution in [3.05, 3.63) is 42.7 Å². The van der Waals surface area contributed by atoms with Crippen LogP contribution in [0.5, 0.6) is 5.75 Å². The topological polar surface area (TPSA) is 30.3 Å². The molecule has 0 amide bonds. The number of hydrogen-bond acceptors (Lipinski definition) is 3. The maximum absolute atomic E-state index is 6.00. The summed E-state index contributed by atoms with van der Waals surface area (Å²) in [5.74, 6) is 0.851. The highest BCUT2D eigenvalue weighted by molar-refractivity contribution is 5.32. The van der Waals surface area contributed by atoms with Crippen LogP contribution in [0.15, 0.2) is 42.7 Å². The number of benzene rings is 1. The van der Waals surface area contributed by atoms with Crippen LogP contribution in [0.3, 0.4) is 0 Å². The molecule has 0 radical (unpaired) electrons. The fourth-order valence-corrected chi connectivity index (χ4v) is 2.50. The van der Waals surface area contributed by atoms with Crippen molar-refractivity contribution < 1.29 is 4.74 Å². The summed E-state index contributed by atoms with van der Waals surface area (Å²) in [5, 5.41) is 4.35. The van der Waals surface area contributed by atoms with Crippen LogP contribution in [0.4, 0.5) is 0 Å². The van der Waals surface area contributed by atoms with Gasteiger partial charge < -0.3 is 9.64 Å². The Hall–Kier alpha value is -1.81. The lowest BCUT2D eigenvalue weighted by atomic mass is 10.1. The minimum atomic E-state index is 0.284. The van der Waals surface area contributed by atoms with Crippen LogP contribution in [-0.2, 0) is 0 Å². The lowest BCUT2D eigenvalue weighted by Crippen LogP contribution is -2.38. The first kappa shape index (κ1) is 12.2. The Bertz CT molecular complexity index is 523. The van der Waals surface area contributed by atoms with Gasteiger partial charge in [0.05, 0.1) is 18.1 Å². The molecule has 4 nitrogen and oxygen atoms in total. The standard InChI is InChI=1S/C15H19N3O/c1-17-9-5-8-14(11-17)19-15-10-16-18(12-15)13-6-3-2-4-7-13/h2-4,6-7,10,12,14H,5,8-9,11H2,1H3. The quantitative estimate of drug-likeness (QED) is 0.845. The van der Waals surface area contributed by atoms with E-state index in [2.05, 4.69) is 17.0 Å². The summed E-state index contributed by atoms with van der Waals surface area (Å²) < 4.78 is 7.85. The van der Waals surface area contributed by atoms with Crippen molar-refractivity contribution in [2.45, 2.75) is 18.9 Å². The molecule has 1 aliphatic rings. The Balaban J connectivity index is 1.68. The number of aromatic nitrogens is 2. The van der Waals surface area contributed by atoms with Crippen molar-refractivity contribution >= 4 is 0 Å². The monoisotopic (exact) mass is 257 g/mol. The molecule has 0 spiro atoms. The molecule has 4 heteroatoms. The second-order valence-corrected chi connectivity index (χ2v) is 5.10. The number of ether oxygens (including phenoxy) is 1. The summed E-state index contributed by atoms with van der Waals surface area (Å²) in [4.78, 5) is 2.32. The maximum atomic E-state index is 6.00. The Labute approximate surface area is 113 Å². The van der Waals surface area contributed by atoms with Crippen LogP contribution < -0.4 is 4.74 Å². The Morgan fingerprint density at radius 3 is 2.89 bits per heavy atom. The van der Waals surface area contributed by atoms with E-state index in [0.717, 1.165) is 24.4 Å². The number of piperidine rings is 1. The molecule has 3 rings (SSSR count). The van der Waals surface area contributed by atoms with Gasteiger partial charge in [0.2, 0.25) is 0 Å². The molecule has 2 heterocycles. The first-order valence-electron chi connectivity index (χ1n) is 6.76. The van der Waals surface area contributed by atoms with Gasteiger partial charge >= 0.3 is 0 Å². The molecule has 2 aromatic rings. The Morgan fingerprint density at radius 1 is 1.26 bits per heavy atom. The first-order valence-corrected chi connectivity index (χ1v) is 6.76. The van der Waals surface area contributed by atoms with Crippen LogP contribution in [0.2, 0.25) is 0 Å². The van der Waals surface area contributed by atoms with Gasteiger partial charge in [-0.25, -0.2) is 4.68 Å². The van der Waals surface area contributed by atoms with E-state index in [-0.39, 0.29) is 6.10 Å². The molecule has 0 bridgehead atoms. The lowest BCUT2D eigenvalue weighted by Gasteiger charge is -2.29. The van der Waals surface area contributed by atoms with E-state index in [1.54, 1.807) is 6.20 Å². The van der Waals surface area contributed by atoms with E-state index in [1.165, 1.54) is 13.0 Å². The van der Waals surface area contributed by atoms with E-state index < -0.39 is 0 Å². The van der Waals surface area contributed by atoms with Crippen molar-refractivity contribution in [3.8, 4) is 11.4 Å². The van der Waals surface area contributed by atoms with Gasteiger partial charge in [-0.2, -0.15) is 5.10 Å². The van der Waals surface area contributed by atoms with Gasteiger partial charge in [0, 0.05) is 6.54 Å². The van der Waals surface area contributed by atoms with E-state index in [4.69, 9.17) is 4.74 Å². The highest BCUT2D eigenvalue weighted by atomic mass is 16.5. The molecule has 0 N–H and O–H groups in total. The normalized spacial score (nSPS) is 20.4. The summed E-state index contributed by atoms with van der Waals surface area (Å²) in [6, 6.07) is 10.1. The lowest BCUT2D eigenvalue weighted by molar-refractivity contribution is 0.104. The Kier molecular flexibility index (Phi) is 3.51. The summed E-state index contributed by atoms with van der Waals surface area (Å²) in [7, 11) is 2.14. The molecule has 0 saturated carbocycles. The predicted molar refractivity (Wildman–Crippen MR) is 74.7 cm³/mol. The second kappa shape index (κ2) is 5.45. The zero-order valence-electron chi connectivity index (χ0n) is 11.2. The molecule has 100 valence electrons. The molecule has 1 aliphatic heterocycles. The van der Waals surface area contributed by atoms with Gasteiger partial charge in [0.25, 0.3) is 0 Å². The summed E-state index contributed by atoms with van der Waals surface area (Å²) in [5.41, 5.74) is 1.05. The molecule has 1 saturated heterocycles. The van der Waals surface area contributed by atoms with Gasteiger partial charge in [0.15, 0.2) is 5.75 Å². The number of likely N-dealkylation sites (tertiary alicyclic amines) is 1. The smallest absolute Gasteiger partial charge is 0.158 e. The van der Waals surface area contributed by atoms with Crippen molar-refractivity contribution in [3.63, 3.8) is 0 Å². The minimum Gasteiger partial charge on any atom is -0.486 e. The number of para-hydroxylation sites is 1. The van der Waals surface area contributed by atoms with Crippen molar-refractivity contribution in [2.75, 3.05) is 20.1 Å². The van der Waals surface area contributed by atoms with Crippen LogP contribution in [0, 0.1) is 0 Å². The summed E-state index contributed by atoms with van der Waals surface area (Å²) in [6.07, 6.45) is 6.35. The number of likely N-dealkylation sites (N-methyl/N-ethyl adjacent to an activating group) is 1. The van der Waals surface area contributed by atoms with Gasteiger partial charge in [-0.15, -0.1) is 0 Å². The van der Waals surface area contributed by atoms with Crippen LogP contribution in [0.1, 0.15) is 12.8 Å². The molecule has 1 unspecified atom stereocenters. The van der Waals surface area contributed by atoms with Crippen LogP contribution >= 0.6 is 0 Å². The SMILES string of the molecule is CN1CCCC(Oc2cnn(-c3ccccc3)c2)C1. The fraction of sp³-hybridized carbons (Fsp3) is 0.400. The van der Waals surface area contributed by atoms with E-state index in [9.17, 15) is 0 Å². The minimum absolute atomic E-state index is 0.284. The summed E-state index contributed by atoms with van der Waals surface area (Å²) in [6.45, 7) is 2.17. The molecule has 1 aromatic carbocycles. The van der Waals surface area contributed by atoms with Crippen molar-refractivity contribution in [2.24, 2.45) is 0 Å². The van der Waals surface area contributed by atoms with Crippen LogP contribution in [-0.4, -0.2) is 40.9 Å². The predicted octanol–water partition coefficient (Wildman–Crippen LogP) is 2.35. The molecular formula is C15H19N3O. The average molecular weight is 257 g/mol. The van der Waals surface area contributed by atoms with Gasteiger partial charge in [0.1, 0.15) is 6.10 Å². The van der Waals surface area contributed by atoms with E-state index in [1.807, 2.05) is 41.2 Å². The molecule has 0 aliphatic carbocycles.